The highest BCUT2D eigenvalue weighted by Gasteiger charge is 2.16. The summed E-state index contributed by atoms with van der Waals surface area (Å²) in [5.41, 5.74) is 0.803. The summed E-state index contributed by atoms with van der Waals surface area (Å²) in [6.07, 6.45) is 0. The van der Waals surface area contributed by atoms with Gasteiger partial charge in [0.1, 0.15) is 11.9 Å². The van der Waals surface area contributed by atoms with E-state index < -0.39 is 11.9 Å². The van der Waals surface area contributed by atoms with Crippen molar-refractivity contribution in [2.75, 3.05) is 5.32 Å². The summed E-state index contributed by atoms with van der Waals surface area (Å²) in [6.45, 7) is 0. The van der Waals surface area contributed by atoms with Crippen LogP contribution in [0.5, 0.6) is 0 Å². The summed E-state index contributed by atoms with van der Waals surface area (Å²) >= 11 is 11.7. The third-order valence-electron chi connectivity index (χ3n) is 2.58. The lowest BCUT2D eigenvalue weighted by molar-refractivity contribution is 0.607. The molecule has 2 aromatic carbocycles. The molecule has 1 N–H and O–H groups in total. The van der Waals surface area contributed by atoms with Crippen molar-refractivity contribution in [2.45, 2.75) is 6.04 Å². The van der Waals surface area contributed by atoms with Crippen LogP contribution in [0.2, 0.25) is 10.0 Å². The molecule has 0 bridgehead atoms. The Morgan fingerprint density at radius 1 is 1.16 bits per heavy atom. The van der Waals surface area contributed by atoms with Gasteiger partial charge in [-0.25, -0.2) is 4.39 Å². The maximum atomic E-state index is 13.8. The van der Waals surface area contributed by atoms with Crippen LogP contribution in [0.3, 0.4) is 0 Å². The largest absolute Gasteiger partial charge is 0.365 e. The highest BCUT2D eigenvalue weighted by molar-refractivity contribution is 6.33. The summed E-state index contributed by atoms with van der Waals surface area (Å²) < 4.78 is 13.8. The van der Waals surface area contributed by atoms with E-state index in [9.17, 15) is 9.65 Å². The first-order chi connectivity index (χ1) is 9.11. The molecule has 0 aromatic heterocycles. The van der Waals surface area contributed by atoms with Gasteiger partial charge in [-0.05, 0) is 24.3 Å². The van der Waals surface area contributed by atoms with E-state index in [0.717, 1.165) is 0 Å². The van der Waals surface area contributed by atoms with E-state index in [4.69, 9.17) is 23.2 Å². The van der Waals surface area contributed by atoms with E-state index in [0.29, 0.717) is 10.7 Å². The van der Waals surface area contributed by atoms with Gasteiger partial charge in [0.25, 0.3) is 0 Å². The second-order valence-corrected chi connectivity index (χ2v) is 4.70. The first kappa shape index (κ1) is 13.7. The number of benzene rings is 2. The summed E-state index contributed by atoms with van der Waals surface area (Å²) in [4.78, 5) is 0. The molecule has 2 nitrogen and oxygen atoms in total. The summed E-state index contributed by atoms with van der Waals surface area (Å²) in [6, 6.07) is 12.3. The molecule has 0 saturated heterocycles. The Hall–Kier alpha value is -1.76. The fourth-order valence-electron chi connectivity index (χ4n) is 1.65. The molecule has 0 aliphatic carbocycles. The Balaban J connectivity index is 2.31. The highest BCUT2D eigenvalue weighted by Crippen LogP contribution is 2.27. The minimum Gasteiger partial charge on any atom is -0.365 e. The Labute approximate surface area is 120 Å². The predicted octanol–water partition coefficient (Wildman–Crippen LogP) is 4.81. The summed E-state index contributed by atoms with van der Waals surface area (Å²) in [5.74, 6) is -0.529. The lowest BCUT2D eigenvalue weighted by atomic mass is 10.1. The Morgan fingerprint density at radius 3 is 2.53 bits per heavy atom. The van der Waals surface area contributed by atoms with E-state index in [1.54, 1.807) is 30.3 Å². The van der Waals surface area contributed by atoms with Crippen molar-refractivity contribution in [1.82, 2.24) is 0 Å². The minimum absolute atomic E-state index is 0.229. The van der Waals surface area contributed by atoms with E-state index in [1.807, 2.05) is 6.07 Å². The number of hydrogen-bond acceptors (Lipinski definition) is 2. The summed E-state index contributed by atoms with van der Waals surface area (Å²) in [5, 5.41) is 12.8. The van der Waals surface area contributed by atoms with Crippen molar-refractivity contribution in [3.63, 3.8) is 0 Å². The third-order valence-corrected chi connectivity index (χ3v) is 3.14. The number of hydrogen-bond donors (Lipinski definition) is 1. The molecule has 5 heteroatoms. The standard InChI is InChI=1S/C14H9Cl2FN2/c15-9-5-6-10(12(17)7-9)14(8-18)19-13-4-2-1-3-11(13)16/h1-7,14,19H. The van der Waals surface area contributed by atoms with Crippen LogP contribution < -0.4 is 5.32 Å². The fourth-order valence-corrected chi connectivity index (χ4v) is 2.00. The van der Waals surface area contributed by atoms with E-state index in [-0.39, 0.29) is 10.6 Å². The van der Waals surface area contributed by atoms with Crippen LogP contribution in [0.1, 0.15) is 11.6 Å². The van der Waals surface area contributed by atoms with Crippen LogP contribution in [0.4, 0.5) is 10.1 Å². The number of rotatable bonds is 3. The molecule has 2 aromatic rings. The molecule has 0 radical (unpaired) electrons. The molecule has 19 heavy (non-hydrogen) atoms. The first-order valence-electron chi connectivity index (χ1n) is 5.47. The van der Waals surface area contributed by atoms with Gasteiger partial charge in [-0.1, -0.05) is 41.4 Å². The number of para-hydroxylation sites is 1. The fraction of sp³-hybridized carbons (Fsp3) is 0.0714. The summed E-state index contributed by atoms with van der Waals surface area (Å²) in [7, 11) is 0. The molecule has 0 fully saturated rings. The predicted molar refractivity (Wildman–Crippen MR) is 74.8 cm³/mol. The molecule has 1 unspecified atom stereocenters. The molecule has 0 heterocycles. The Bertz CT molecular complexity index is 638. The van der Waals surface area contributed by atoms with Crippen molar-refractivity contribution in [1.29, 1.82) is 5.26 Å². The first-order valence-corrected chi connectivity index (χ1v) is 6.23. The van der Waals surface area contributed by atoms with Crippen molar-refractivity contribution in [2.24, 2.45) is 0 Å². The van der Waals surface area contributed by atoms with Crippen molar-refractivity contribution >= 4 is 28.9 Å². The van der Waals surface area contributed by atoms with Crippen LogP contribution in [0.25, 0.3) is 0 Å². The zero-order valence-corrected chi connectivity index (χ0v) is 11.2. The molecule has 96 valence electrons. The average Bonchev–Trinajstić information content (AvgIpc) is 2.39. The second-order valence-electron chi connectivity index (χ2n) is 3.85. The van der Waals surface area contributed by atoms with Crippen molar-refractivity contribution in [3.05, 3.63) is 63.9 Å². The van der Waals surface area contributed by atoms with E-state index >= 15 is 0 Å². The number of nitrogens with one attached hydrogen (secondary N) is 1. The van der Waals surface area contributed by atoms with Crippen LogP contribution in [0, 0.1) is 17.1 Å². The maximum absolute atomic E-state index is 13.8. The topological polar surface area (TPSA) is 35.8 Å². The molecule has 0 aliphatic heterocycles. The lowest BCUT2D eigenvalue weighted by Crippen LogP contribution is -2.10. The molecule has 0 aliphatic rings. The lowest BCUT2D eigenvalue weighted by Gasteiger charge is -2.15. The third kappa shape index (κ3) is 3.17. The van der Waals surface area contributed by atoms with Gasteiger partial charge in [-0.3, -0.25) is 0 Å². The smallest absolute Gasteiger partial charge is 0.143 e. The molecule has 0 amide bonds. The zero-order valence-electron chi connectivity index (χ0n) is 9.70. The number of nitriles is 1. The maximum Gasteiger partial charge on any atom is 0.143 e. The quantitative estimate of drug-likeness (QED) is 0.882. The molecule has 0 saturated carbocycles. The number of halogens is 3. The van der Waals surface area contributed by atoms with Crippen LogP contribution in [0.15, 0.2) is 42.5 Å². The van der Waals surface area contributed by atoms with Crippen molar-refractivity contribution < 1.29 is 4.39 Å². The van der Waals surface area contributed by atoms with Gasteiger partial charge in [0.15, 0.2) is 0 Å². The van der Waals surface area contributed by atoms with E-state index in [1.165, 1.54) is 12.1 Å². The van der Waals surface area contributed by atoms with Gasteiger partial charge in [0.2, 0.25) is 0 Å². The molecular formula is C14H9Cl2FN2. The van der Waals surface area contributed by atoms with Gasteiger partial charge >= 0.3 is 0 Å². The Morgan fingerprint density at radius 2 is 1.89 bits per heavy atom. The normalized spacial score (nSPS) is 11.7. The van der Waals surface area contributed by atoms with Crippen LogP contribution in [-0.4, -0.2) is 0 Å². The SMILES string of the molecule is N#CC(Nc1ccccc1Cl)c1ccc(Cl)cc1F. The van der Waals surface area contributed by atoms with Crippen molar-refractivity contribution in [3.8, 4) is 6.07 Å². The molecule has 2 rings (SSSR count). The zero-order chi connectivity index (χ0) is 13.8. The minimum atomic E-state index is -0.836. The van der Waals surface area contributed by atoms with Crippen LogP contribution in [-0.2, 0) is 0 Å². The van der Waals surface area contributed by atoms with Crippen LogP contribution >= 0.6 is 23.2 Å². The second kappa shape index (κ2) is 5.92. The van der Waals surface area contributed by atoms with E-state index in [2.05, 4.69) is 5.32 Å². The number of anilines is 1. The average molecular weight is 295 g/mol. The Kier molecular flexibility index (Phi) is 4.26. The monoisotopic (exact) mass is 294 g/mol. The van der Waals surface area contributed by atoms with Gasteiger partial charge in [0.05, 0.1) is 16.8 Å². The number of nitrogens with zero attached hydrogens (tertiary/aromatic N) is 1. The van der Waals surface area contributed by atoms with Gasteiger partial charge in [-0.15, -0.1) is 0 Å². The molecule has 0 spiro atoms. The molecule has 1 atom stereocenters. The van der Waals surface area contributed by atoms with Gasteiger partial charge in [0, 0.05) is 10.6 Å². The molecular weight excluding hydrogens is 286 g/mol. The highest BCUT2D eigenvalue weighted by atomic mass is 35.5. The van der Waals surface area contributed by atoms with Gasteiger partial charge < -0.3 is 5.32 Å². The van der Waals surface area contributed by atoms with Gasteiger partial charge in [-0.2, -0.15) is 5.26 Å².